The Labute approximate surface area is 673 Å². The number of benzene rings is 18. The summed E-state index contributed by atoms with van der Waals surface area (Å²) >= 11 is 0. The Morgan fingerprint density at radius 2 is 0.422 bits per heavy atom. The first-order chi connectivity index (χ1) is 56.5. The Bertz CT molecular complexity index is 7300. The number of hydrogen-bond donors (Lipinski definition) is 0. The molecule has 22 rings (SSSR count). The predicted octanol–water partition coefficient (Wildman–Crippen LogP) is 30.6. The Morgan fingerprint density at radius 3 is 0.836 bits per heavy atom. The van der Waals surface area contributed by atoms with Crippen LogP contribution < -0.4 is 0 Å². The van der Waals surface area contributed by atoms with Crippen LogP contribution in [0.2, 0.25) is 0 Å². The van der Waals surface area contributed by atoms with Crippen molar-refractivity contribution >= 4 is 87.0 Å². The van der Waals surface area contributed by atoms with Gasteiger partial charge in [0.05, 0.1) is 22.8 Å². The van der Waals surface area contributed by atoms with Crippen LogP contribution in [-0.2, 0) is 0 Å². The molecule has 0 unspecified atom stereocenters. The van der Waals surface area contributed by atoms with Gasteiger partial charge in [0.1, 0.15) is 22.3 Å². The Hall–Kier alpha value is -15.2. The number of aromatic nitrogens is 4. The minimum atomic E-state index is 0. The van der Waals surface area contributed by atoms with Gasteiger partial charge in [-0.15, -0.1) is 0 Å². The van der Waals surface area contributed by atoms with Crippen LogP contribution in [0.5, 0.6) is 0 Å². The topological polar surface area (TPSA) is 77.8 Å². The molecule has 18 aromatic carbocycles. The van der Waals surface area contributed by atoms with Gasteiger partial charge in [-0.1, -0.05) is 391 Å². The number of fused-ring (bicyclic) bond motifs is 12. The van der Waals surface area contributed by atoms with Crippen molar-refractivity contribution in [1.29, 1.82) is 0 Å². The third kappa shape index (κ3) is 12.9. The second kappa shape index (κ2) is 30.4. The fourth-order valence-corrected chi connectivity index (χ4v) is 16.8. The second-order valence-electron chi connectivity index (χ2n) is 28.9. The highest BCUT2D eigenvalue weighted by Gasteiger charge is 2.23. The van der Waals surface area contributed by atoms with E-state index < -0.39 is 0 Å². The van der Waals surface area contributed by atoms with Crippen molar-refractivity contribution in [1.82, 2.24) is 19.9 Å². The lowest BCUT2D eigenvalue weighted by atomic mass is 9.89. The minimum absolute atomic E-state index is 0. The van der Waals surface area contributed by atoms with Crippen molar-refractivity contribution in [3.05, 3.63) is 413 Å². The number of rotatable bonds is 12. The van der Waals surface area contributed by atoms with E-state index in [9.17, 15) is 0 Å². The molecule has 0 bridgehead atoms. The molecule has 0 N–H and O–H groups in total. The van der Waals surface area contributed by atoms with Gasteiger partial charge in [0.15, 0.2) is 11.6 Å². The first-order valence-corrected chi connectivity index (χ1v) is 38.6. The standard InChI is InChI=1S/2C54H34N2O.2CH4/c1-4-15-35(16-5-1)47-33-48-52-41(25-14-26-51(52)57-53(48)46-24-13-12-23-44(46)47)37-29-27-36(28-30-37)40-31-32-45(43-22-11-10-21-42(40)43)50-34-49(38-17-6-2-7-18-38)55-54(56-50)39-19-8-3-9-20-39;1-4-15-35(16-5-1)47-33-48-52-45(25-14-26-51(52)57-53(48)46-24-13-12-23-43(46)47)44-32-31-40(41-21-10-11-22-42(41)44)36-27-29-38(30-28-36)50-34-49(37-17-6-2-7-18-37)55-54(56-50)39-19-8-3-9-20-39;;/h2*1-34H;2*1H4. The molecule has 6 heteroatoms. The third-order valence-electron chi connectivity index (χ3n) is 22.2. The molecule has 22 aromatic rings. The highest BCUT2D eigenvalue weighted by atomic mass is 16.3. The minimum Gasteiger partial charge on any atom is -0.455 e. The van der Waals surface area contributed by atoms with Gasteiger partial charge < -0.3 is 8.83 Å². The Kier molecular flexibility index (Phi) is 18.7. The van der Waals surface area contributed by atoms with E-state index in [1.807, 2.05) is 60.7 Å². The average Bonchev–Trinajstić information content (AvgIpc) is 1.57. The Morgan fingerprint density at radius 1 is 0.155 bits per heavy atom. The smallest absolute Gasteiger partial charge is 0.160 e. The molecule has 4 aromatic heterocycles. The zero-order valence-electron chi connectivity index (χ0n) is 61.9. The summed E-state index contributed by atoms with van der Waals surface area (Å²) in [5.74, 6) is 1.42. The van der Waals surface area contributed by atoms with Crippen molar-refractivity contribution in [3.63, 3.8) is 0 Å². The van der Waals surface area contributed by atoms with Gasteiger partial charge in [-0.3, -0.25) is 0 Å². The molecule has 4 heterocycles. The summed E-state index contributed by atoms with van der Waals surface area (Å²) < 4.78 is 13.4. The van der Waals surface area contributed by atoms with E-state index in [0.717, 1.165) is 144 Å². The van der Waals surface area contributed by atoms with Gasteiger partial charge in [-0.2, -0.15) is 0 Å². The maximum Gasteiger partial charge on any atom is 0.160 e. The fraction of sp³-hybridized carbons (Fsp3) is 0.0182. The van der Waals surface area contributed by atoms with E-state index in [1.54, 1.807) is 0 Å². The summed E-state index contributed by atoms with van der Waals surface area (Å²) in [5.41, 5.74) is 27.5. The van der Waals surface area contributed by atoms with Crippen LogP contribution in [-0.4, -0.2) is 19.9 Å². The van der Waals surface area contributed by atoms with Gasteiger partial charge in [-0.05, 0) is 135 Å². The van der Waals surface area contributed by atoms with E-state index in [-0.39, 0.29) is 14.9 Å². The van der Waals surface area contributed by atoms with E-state index in [0.29, 0.717) is 11.6 Å². The van der Waals surface area contributed by atoms with Crippen LogP contribution in [0.1, 0.15) is 14.9 Å². The molecule has 0 spiro atoms. The van der Waals surface area contributed by atoms with Crippen molar-refractivity contribution in [2.24, 2.45) is 0 Å². The number of furan rings is 2. The molecule has 0 saturated carbocycles. The van der Waals surface area contributed by atoms with E-state index in [1.165, 1.54) is 65.9 Å². The lowest BCUT2D eigenvalue weighted by Gasteiger charge is -2.14. The second-order valence-corrected chi connectivity index (χ2v) is 28.9. The van der Waals surface area contributed by atoms with E-state index in [4.69, 9.17) is 28.8 Å². The molecule has 6 nitrogen and oxygen atoms in total. The summed E-state index contributed by atoms with van der Waals surface area (Å²) in [6.45, 7) is 0. The van der Waals surface area contributed by atoms with Crippen LogP contribution in [0.25, 0.3) is 222 Å². The molecule has 0 saturated heterocycles. The van der Waals surface area contributed by atoms with Gasteiger partial charge in [0.25, 0.3) is 0 Å². The van der Waals surface area contributed by atoms with Gasteiger partial charge in [-0.25, -0.2) is 19.9 Å². The summed E-state index contributed by atoms with van der Waals surface area (Å²) in [4.78, 5) is 20.2. The zero-order valence-corrected chi connectivity index (χ0v) is 61.9. The van der Waals surface area contributed by atoms with E-state index >= 15 is 0 Å². The SMILES string of the molecule is C.C.c1ccc(-c2cc(-c3ccc(-c4ccc(-c5cccc6oc7c8ccccc8c(-c8ccccc8)cc7c56)c5ccccc45)cc3)nc(-c3ccccc3)n2)cc1.c1ccc(-c2cc(-c3ccc(-c4ccc(-c5cccc6oc7c8ccccc8c(-c8ccccc8)cc7c56)cc4)c4ccccc34)nc(-c3ccccc3)n2)cc1. The summed E-state index contributed by atoms with van der Waals surface area (Å²) in [6, 6.07) is 145. The molecule has 0 atom stereocenters. The van der Waals surface area contributed by atoms with Crippen LogP contribution >= 0.6 is 0 Å². The normalized spacial score (nSPS) is 11.3. The molecule has 548 valence electrons. The molecule has 0 amide bonds. The van der Waals surface area contributed by atoms with Gasteiger partial charge >= 0.3 is 0 Å². The maximum absolute atomic E-state index is 6.73. The molecule has 0 fully saturated rings. The van der Waals surface area contributed by atoms with Crippen molar-refractivity contribution in [2.75, 3.05) is 0 Å². The van der Waals surface area contributed by atoms with Crippen LogP contribution in [0.15, 0.2) is 421 Å². The third-order valence-corrected chi connectivity index (χ3v) is 22.2. The van der Waals surface area contributed by atoms with E-state index in [2.05, 4.69) is 352 Å². The highest BCUT2D eigenvalue weighted by Crippen LogP contribution is 2.48. The van der Waals surface area contributed by atoms with Crippen molar-refractivity contribution < 1.29 is 8.83 Å². The fourth-order valence-electron chi connectivity index (χ4n) is 16.8. The lowest BCUT2D eigenvalue weighted by molar-refractivity contribution is 0.672. The summed E-state index contributed by atoms with van der Waals surface area (Å²) in [6.07, 6.45) is 0. The molecular formula is C110H76N4O2. The highest BCUT2D eigenvalue weighted by molar-refractivity contribution is 6.25. The molecule has 0 radical (unpaired) electrons. The zero-order chi connectivity index (χ0) is 75.4. The van der Waals surface area contributed by atoms with Crippen molar-refractivity contribution in [3.8, 4) is 135 Å². The molecule has 0 aliphatic heterocycles. The van der Waals surface area contributed by atoms with Crippen LogP contribution in [0.3, 0.4) is 0 Å². The molecule has 0 aliphatic rings. The van der Waals surface area contributed by atoms with Crippen molar-refractivity contribution in [2.45, 2.75) is 14.9 Å². The molecule has 0 aliphatic carbocycles. The summed E-state index contributed by atoms with van der Waals surface area (Å²) in [5, 5.41) is 13.8. The largest absolute Gasteiger partial charge is 0.455 e. The predicted molar refractivity (Wildman–Crippen MR) is 487 cm³/mol. The van der Waals surface area contributed by atoms with Crippen LogP contribution in [0.4, 0.5) is 0 Å². The number of nitrogens with zero attached hydrogens (tertiary/aromatic N) is 4. The number of hydrogen-bond acceptors (Lipinski definition) is 6. The monoisotopic (exact) mass is 1480 g/mol. The average molecular weight is 1490 g/mol. The quantitative estimate of drug-likeness (QED) is 0.121. The Balaban J connectivity index is 0.000000152. The lowest BCUT2D eigenvalue weighted by Crippen LogP contribution is -1.96. The van der Waals surface area contributed by atoms with Gasteiger partial charge in [0.2, 0.25) is 0 Å². The molecule has 116 heavy (non-hydrogen) atoms. The van der Waals surface area contributed by atoms with Gasteiger partial charge in [0, 0.05) is 65.7 Å². The molecular weight excluding hydrogens is 1410 g/mol. The summed E-state index contributed by atoms with van der Waals surface area (Å²) in [7, 11) is 0. The first kappa shape index (κ1) is 71.1. The maximum atomic E-state index is 6.73. The first-order valence-electron chi connectivity index (χ1n) is 38.6. The van der Waals surface area contributed by atoms with Crippen LogP contribution in [0, 0.1) is 0 Å².